The van der Waals surface area contributed by atoms with E-state index >= 15 is 0 Å². The number of anilines is 2. The molecule has 0 amide bonds. The minimum atomic E-state index is 0.547. The summed E-state index contributed by atoms with van der Waals surface area (Å²) in [6.07, 6.45) is 1.74. The van der Waals surface area contributed by atoms with Gasteiger partial charge in [-0.3, -0.25) is 0 Å². The van der Waals surface area contributed by atoms with E-state index in [9.17, 15) is 0 Å². The molecule has 0 unspecified atom stereocenters. The molecule has 0 saturated carbocycles. The lowest BCUT2D eigenvalue weighted by atomic mass is 10.2. The number of thiocarbonyl (C=S) groups is 1. The van der Waals surface area contributed by atoms with Crippen LogP contribution in [0.25, 0.3) is 0 Å². The third kappa shape index (κ3) is 3.59. The second-order valence-corrected chi connectivity index (χ2v) is 3.62. The molecule has 0 aliphatic heterocycles. The zero-order chi connectivity index (χ0) is 11.3. The average molecular weight is 221 g/mol. The highest BCUT2D eigenvalue weighted by molar-refractivity contribution is 7.80. The van der Waals surface area contributed by atoms with E-state index in [0.29, 0.717) is 17.3 Å². The van der Waals surface area contributed by atoms with Gasteiger partial charge >= 0.3 is 0 Å². The quantitative estimate of drug-likeness (QED) is 0.415. The van der Waals surface area contributed by atoms with Crippen LogP contribution in [0.3, 0.4) is 0 Å². The van der Waals surface area contributed by atoms with Crippen molar-refractivity contribution >= 4 is 28.7 Å². The Morgan fingerprint density at radius 2 is 2.33 bits per heavy atom. The van der Waals surface area contributed by atoms with Crippen molar-refractivity contribution in [1.29, 1.82) is 0 Å². The first-order valence-corrected chi connectivity index (χ1v) is 5.06. The Bertz CT molecular complexity index is 374. The lowest BCUT2D eigenvalue weighted by molar-refractivity contribution is 1.06. The summed E-state index contributed by atoms with van der Waals surface area (Å²) in [6.45, 7) is 6.23. The zero-order valence-electron chi connectivity index (χ0n) is 8.71. The second kappa shape index (κ2) is 5.36. The molecule has 0 atom stereocenters. The summed E-state index contributed by atoms with van der Waals surface area (Å²) in [4.78, 5) is 0. The number of rotatable bonds is 3. The smallest absolute Gasteiger partial charge is 0.171 e. The maximum Gasteiger partial charge on any atom is 0.171 e. The van der Waals surface area contributed by atoms with Gasteiger partial charge in [-0.05, 0) is 36.8 Å². The van der Waals surface area contributed by atoms with Crippen molar-refractivity contribution in [2.75, 3.05) is 17.6 Å². The van der Waals surface area contributed by atoms with E-state index < -0.39 is 0 Å². The molecule has 0 radical (unpaired) electrons. The number of hydrogen-bond donors (Lipinski definition) is 3. The van der Waals surface area contributed by atoms with Gasteiger partial charge in [0.2, 0.25) is 0 Å². The third-order valence-corrected chi connectivity index (χ3v) is 2.11. The molecule has 0 bridgehead atoms. The van der Waals surface area contributed by atoms with Crippen LogP contribution >= 0.6 is 12.2 Å². The number of benzene rings is 1. The Kier molecular flexibility index (Phi) is 4.12. The van der Waals surface area contributed by atoms with Crippen molar-refractivity contribution in [3.8, 4) is 0 Å². The van der Waals surface area contributed by atoms with Crippen LogP contribution in [0.15, 0.2) is 30.9 Å². The predicted molar refractivity (Wildman–Crippen MR) is 70.0 cm³/mol. The van der Waals surface area contributed by atoms with E-state index in [0.717, 1.165) is 11.3 Å². The highest BCUT2D eigenvalue weighted by Gasteiger charge is 2.00. The SMILES string of the molecule is C=CCNC(=S)Nc1ccc(C)cc1N. The van der Waals surface area contributed by atoms with Crippen LogP contribution in [-0.2, 0) is 0 Å². The highest BCUT2D eigenvalue weighted by atomic mass is 32.1. The molecule has 0 aliphatic carbocycles. The van der Waals surface area contributed by atoms with Crippen LogP contribution in [0.4, 0.5) is 11.4 Å². The number of nitrogen functional groups attached to an aromatic ring is 1. The molecule has 1 rings (SSSR count). The highest BCUT2D eigenvalue weighted by Crippen LogP contribution is 2.18. The third-order valence-electron chi connectivity index (χ3n) is 1.86. The molecule has 0 aliphatic rings. The average Bonchev–Trinajstić information content (AvgIpc) is 2.19. The monoisotopic (exact) mass is 221 g/mol. The van der Waals surface area contributed by atoms with Gasteiger partial charge in [0.05, 0.1) is 11.4 Å². The van der Waals surface area contributed by atoms with Crippen molar-refractivity contribution in [2.24, 2.45) is 0 Å². The molecule has 1 aromatic rings. The Morgan fingerprint density at radius 3 is 2.93 bits per heavy atom. The van der Waals surface area contributed by atoms with Gasteiger partial charge in [-0.25, -0.2) is 0 Å². The summed E-state index contributed by atoms with van der Waals surface area (Å²) in [5, 5.41) is 6.54. The van der Waals surface area contributed by atoms with Crippen LogP contribution in [-0.4, -0.2) is 11.7 Å². The Labute approximate surface area is 95.4 Å². The van der Waals surface area contributed by atoms with Crippen LogP contribution < -0.4 is 16.4 Å². The Hall–Kier alpha value is -1.55. The number of aryl methyl sites for hydroxylation is 1. The number of nitrogens with one attached hydrogen (secondary N) is 2. The first-order chi connectivity index (χ1) is 7.13. The summed E-state index contributed by atoms with van der Waals surface area (Å²) in [7, 11) is 0. The summed E-state index contributed by atoms with van der Waals surface area (Å²) in [6, 6.07) is 5.79. The van der Waals surface area contributed by atoms with E-state index in [1.807, 2.05) is 25.1 Å². The first kappa shape index (κ1) is 11.5. The van der Waals surface area contributed by atoms with Gasteiger partial charge in [0.25, 0.3) is 0 Å². The maximum atomic E-state index is 5.83. The summed E-state index contributed by atoms with van der Waals surface area (Å²) in [5.41, 5.74) is 8.47. The lowest BCUT2D eigenvalue weighted by Gasteiger charge is -2.11. The molecule has 0 aromatic heterocycles. The van der Waals surface area contributed by atoms with Crippen molar-refractivity contribution in [1.82, 2.24) is 5.32 Å². The van der Waals surface area contributed by atoms with Crippen LogP contribution in [0.1, 0.15) is 5.56 Å². The van der Waals surface area contributed by atoms with Gasteiger partial charge in [-0.2, -0.15) is 0 Å². The van der Waals surface area contributed by atoms with E-state index in [1.165, 1.54) is 0 Å². The second-order valence-electron chi connectivity index (χ2n) is 3.21. The number of nitrogens with two attached hydrogens (primary N) is 1. The molecule has 1 aromatic carbocycles. The Balaban J connectivity index is 2.64. The largest absolute Gasteiger partial charge is 0.397 e. The van der Waals surface area contributed by atoms with E-state index in [-0.39, 0.29) is 0 Å². The summed E-state index contributed by atoms with van der Waals surface area (Å²) < 4.78 is 0. The van der Waals surface area contributed by atoms with Gasteiger partial charge in [0.1, 0.15) is 0 Å². The maximum absolute atomic E-state index is 5.83. The zero-order valence-corrected chi connectivity index (χ0v) is 9.53. The van der Waals surface area contributed by atoms with Crippen molar-refractivity contribution < 1.29 is 0 Å². The fourth-order valence-corrected chi connectivity index (χ4v) is 1.32. The molecule has 0 spiro atoms. The molecule has 3 nitrogen and oxygen atoms in total. The van der Waals surface area contributed by atoms with Gasteiger partial charge in [-0.1, -0.05) is 12.1 Å². The standard InChI is InChI=1S/C11H15N3S/c1-3-6-13-11(15)14-10-5-4-8(2)7-9(10)12/h3-5,7H,1,6,12H2,2H3,(H2,13,14,15). The molecule has 4 heteroatoms. The van der Waals surface area contributed by atoms with Gasteiger partial charge in [-0.15, -0.1) is 6.58 Å². The molecular formula is C11H15N3S. The molecular weight excluding hydrogens is 206 g/mol. The van der Waals surface area contributed by atoms with E-state index in [1.54, 1.807) is 6.08 Å². The number of hydrogen-bond acceptors (Lipinski definition) is 2. The van der Waals surface area contributed by atoms with Crippen LogP contribution in [0.5, 0.6) is 0 Å². The van der Waals surface area contributed by atoms with Crippen LogP contribution in [0.2, 0.25) is 0 Å². The molecule has 0 fully saturated rings. The Morgan fingerprint density at radius 1 is 1.60 bits per heavy atom. The molecule has 4 N–H and O–H groups in total. The van der Waals surface area contributed by atoms with Crippen molar-refractivity contribution in [3.05, 3.63) is 36.4 Å². The van der Waals surface area contributed by atoms with E-state index in [2.05, 4.69) is 17.2 Å². The minimum absolute atomic E-state index is 0.547. The first-order valence-electron chi connectivity index (χ1n) is 4.65. The lowest BCUT2D eigenvalue weighted by Crippen LogP contribution is -2.28. The molecule has 0 saturated heterocycles. The molecule has 80 valence electrons. The van der Waals surface area contributed by atoms with Crippen LogP contribution in [0, 0.1) is 6.92 Å². The van der Waals surface area contributed by atoms with Gasteiger partial charge < -0.3 is 16.4 Å². The van der Waals surface area contributed by atoms with Gasteiger partial charge in [0.15, 0.2) is 5.11 Å². The topological polar surface area (TPSA) is 50.1 Å². The molecule has 15 heavy (non-hydrogen) atoms. The normalized spacial score (nSPS) is 9.40. The van der Waals surface area contributed by atoms with E-state index in [4.69, 9.17) is 18.0 Å². The minimum Gasteiger partial charge on any atom is -0.397 e. The predicted octanol–water partition coefficient (Wildman–Crippen LogP) is 2.05. The summed E-state index contributed by atoms with van der Waals surface area (Å²) in [5.74, 6) is 0. The van der Waals surface area contributed by atoms with Crippen molar-refractivity contribution in [2.45, 2.75) is 6.92 Å². The fourth-order valence-electron chi connectivity index (χ4n) is 1.13. The molecule has 0 heterocycles. The van der Waals surface area contributed by atoms with Gasteiger partial charge in [0, 0.05) is 6.54 Å². The fraction of sp³-hybridized carbons (Fsp3) is 0.182. The van der Waals surface area contributed by atoms with Crippen molar-refractivity contribution in [3.63, 3.8) is 0 Å². The summed E-state index contributed by atoms with van der Waals surface area (Å²) >= 11 is 5.07.